The fourth-order valence-corrected chi connectivity index (χ4v) is 4.38. The van der Waals surface area contributed by atoms with Gasteiger partial charge in [-0.1, -0.05) is 24.3 Å². The van der Waals surface area contributed by atoms with E-state index in [9.17, 15) is 9.59 Å². The van der Waals surface area contributed by atoms with Crippen molar-refractivity contribution in [1.29, 1.82) is 0 Å². The fourth-order valence-electron chi connectivity index (χ4n) is 4.38. The molecule has 6 nitrogen and oxygen atoms in total. The van der Waals surface area contributed by atoms with Gasteiger partial charge in [-0.15, -0.1) is 0 Å². The Morgan fingerprint density at radius 1 is 1.13 bits per heavy atom. The summed E-state index contributed by atoms with van der Waals surface area (Å²) in [5.41, 5.74) is 4.39. The highest BCUT2D eigenvalue weighted by atomic mass is 16.1. The van der Waals surface area contributed by atoms with Crippen LogP contribution in [0.1, 0.15) is 49.7 Å². The van der Waals surface area contributed by atoms with E-state index < -0.39 is 0 Å². The van der Waals surface area contributed by atoms with E-state index in [1.54, 1.807) is 0 Å². The molecule has 2 aliphatic rings. The van der Waals surface area contributed by atoms with Crippen LogP contribution in [0.15, 0.2) is 41.2 Å². The Kier molecular flexibility index (Phi) is 6.74. The number of fused-ring (bicyclic) bond motifs is 1. The summed E-state index contributed by atoms with van der Waals surface area (Å²) in [4.78, 5) is 26.9. The van der Waals surface area contributed by atoms with Crippen molar-refractivity contribution in [2.45, 2.75) is 51.4 Å². The van der Waals surface area contributed by atoms with Gasteiger partial charge in [0.05, 0.1) is 5.69 Å². The van der Waals surface area contributed by atoms with Crippen LogP contribution in [0.4, 0.5) is 5.69 Å². The largest absolute Gasteiger partial charge is 0.326 e. The molecule has 1 aliphatic carbocycles. The zero-order valence-electron chi connectivity index (χ0n) is 17.5. The lowest BCUT2D eigenvalue weighted by molar-refractivity contribution is -0.116. The molecule has 30 heavy (non-hydrogen) atoms. The maximum Gasteiger partial charge on any atom is 0.267 e. The van der Waals surface area contributed by atoms with Crippen LogP contribution in [0.5, 0.6) is 0 Å². The highest BCUT2D eigenvalue weighted by molar-refractivity contribution is 5.91. The zero-order valence-corrected chi connectivity index (χ0v) is 17.5. The third-order valence-electron chi connectivity index (χ3n) is 5.99. The summed E-state index contributed by atoms with van der Waals surface area (Å²) < 4.78 is 0. The summed E-state index contributed by atoms with van der Waals surface area (Å²) in [6.45, 7) is 3.20. The average molecular weight is 407 g/mol. The molecule has 2 N–H and O–H groups in total. The number of carbonyl (C=O) groups excluding carboxylic acids is 1. The molecule has 0 spiro atoms. The van der Waals surface area contributed by atoms with Gasteiger partial charge in [0.15, 0.2) is 0 Å². The Morgan fingerprint density at radius 2 is 2.00 bits per heavy atom. The monoisotopic (exact) mass is 406 g/mol. The summed E-state index contributed by atoms with van der Waals surface area (Å²) in [6, 6.07) is 7.77. The van der Waals surface area contributed by atoms with Gasteiger partial charge in [-0.2, -0.15) is 5.10 Å². The van der Waals surface area contributed by atoms with E-state index in [0.717, 1.165) is 92.7 Å². The third-order valence-corrected chi connectivity index (χ3v) is 5.99. The first-order valence-corrected chi connectivity index (χ1v) is 11.1. The van der Waals surface area contributed by atoms with Crippen LogP contribution in [0, 0.1) is 0 Å². The average Bonchev–Trinajstić information content (AvgIpc) is 2.78. The Hall–Kier alpha value is -2.73. The Bertz CT molecular complexity index is 979. The van der Waals surface area contributed by atoms with E-state index in [1.807, 2.05) is 24.3 Å². The first-order valence-electron chi connectivity index (χ1n) is 11.1. The van der Waals surface area contributed by atoms with E-state index in [1.165, 1.54) is 0 Å². The second kappa shape index (κ2) is 9.85. The molecule has 4 rings (SSSR count). The van der Waals surface area contributed by atoms with Crippen molar-refractivity contribution in [3.63, 3.8) is 0 Å². The van der Waals surface area contributed by atoms with Crippen molar-refractivity contribution >= 4 is 11.6 Å². The van der Waals surface area contributed by atoms with Gasteiger partial charge < -0.3 is 5.32 Å². The number of H-pyrrole nitrogens is 1. The molecule has 0 bridgehead atoms. The number of anilines is 1. The Morgan fingerprint density at radius 3 is 2.83 bits per heavy atom. The Labute approximate surface area is 177 Å². The molecule has 0 saturated heterocycles. The lowest BCUT2D eigenvalue weighted by Gasteiger charge is -2.22. The van der Waals surface area contributed by atoms with Crippen LogP contribution in [-0.4, -0.2) is 40.6 Å². The van der Waals surface area contributed by atoms with Crippen molar-refractivity contribution < 1.29 is 4.79 Å². The number of aromatic amines is 1. The quantitative estimate of drug-likeness (QED) is 0.543. The normalized spacial score (nSPS) is 16.3. The van der Waals surface area contributed by atoms with Gasteiger partial charge in [-0.05, 0) is 69.2 Å². The maximum absolute atomic E-state index is 12.4. The van der Waals surface area contributed by atoms with Gasteiger partial charge >= 0.3 is 0 Å². The topological polar surface area (TPSA) is 78.1 Å². The summed E-state index contributed by atoms with van der Waals surface area (Å²) >= 11 is 0. The molecular weight excluding hydrogens is 376 g/mol. The van der Waals surface area contributed by atoms with E-state index in [-0.39, 0.29) is 11.5 Å². The smallest absolute Gasteiger partial charge is 0.267 e. The van der Waals surface area contributed by atoms with Gasteiger partial charge in [-0.25, -0.2) is 5.10 Å². The van der Waals surface area contributed by atoms with E-state index in [2.05, 4.69) is 32.6 Å². The molecule has 1 aromatic carbocycles. The van der Waals surface area contributed by atoms with Crippen LogP contribution in [0.3, 0.4) is 0 Å². The summed E-state index contributed by atoms with van der Waals surface area (Å²) in [5.74, 6) is 0.0437. The lowest BCUT2D eigenvalue weighted by Crippen LogP contribution is -2.28. The van der Waals surface area contributed by atoms with Gasteiger partial charge in [0.25, 0.3) is 5.56 Å². The summed E-state index contributed by atoms with van der Waals surface area (Å²) in [6.07, 6.45) is 11.8. The number of amides is 1. The molecular formula is C24H30N4O2. The minimum Gasteiger partial charge on any atom is -0.326 e. The molecule has 1 aromatic heterocycles. The molecule has 1 amide bonds. The molecule has 6 heteroatoms. The number of nitrogens with zero attached hydrogens (tertiary/aromatic N) is 2. The fraction of sp³-hybridized carbons (Fsp3) is 0.458. The number of hydrogen-bond acceptors (Lipinski definition) is 4. The highest BCUT2D eigenvalue weighted by Crippen LogP contribution is 2.29. The molecule has 158 valence electrons. The van der Waals surface area contributed by atoms with Gasteiger partial charge in [-0.3, -0.25) is 14.5 Å². The molecule has 0 unspecified atom stereocenters. The number of unbranched alkanes of at least 4 members (excludes halogenated alkanes) is 1. The maximum atomic E-state index is 12.4. The number of rotatable bonds is 7. The predicted octanol–water partition coefficient (Wildman–Crippen LogP) is 3.69. The first kappa shape index (κ1) is 20.5. The zero-order chi connectivity index (χ0) is 20.8. The van der Waals surface area contributed by atoms with Crippen LogP contribution in [-0.2, 0) is 17.6 Å². The summed E-state index contributed by atoms with van der Waals surface area (Å²) in [5, 5.41) is 9.99. The van der Waals surface area contributed by atoms with Crippen molar-refractivity contribution in [2.24, 2.45) is 0 Å². The third kappa shape index (κ3) is 5.05. The number of benzene rings is 1. The molecule has 0 saturated carbocycles. The second-order valence-electron chi connectivity index (χ2n) is 8.21. The molecule has 1 aliphatic heterocycles. The lowest BCUT2D eigenvalue weighted by atomic mass is 9.90. The molecule has 0 fully saturated rings. The molecule has 0 atom stereocenters. The number of carbonyl (C=O) groups is 1. The SMILES string of the molecule is O=C(CCCCN1CC=CCC1)Nc1cccc(-c2n[nH]c(=O)c3c2CCCC3)c1. The van der Waals surface area contributed by atoms with Crippen molar-refractivity contribution in [2.75, 3.05) is 25.0 Å². The van der Waals surface area contributed by atoms with Gasteiger partial charge in [0.2, 0.25) is 5.91 Å². The van der Waals surface area contributed by atoms with Crippen LogP contribution < -0.4 is 10.9 Å². The van der Waals surface area contributed by atoms with Crippen molar-refractivity contribution in [3.05, 3.63) is 57.9 Å². The molecule has 0 radical (unpaired) electrons. The molecule has 2 aromatic rings. The van der Waals surface area contributed by atoms with Gasteiger partial charge in [0.1, 0.15) is 0 Å². The second-order valence-corrected chi connectivity index (χ2v) is 8.21. The molecule has 2 heterocycles. The van der Waals surface area contributed by atoms with Crippen LogP contribution >= 0.6 is 0 Å². The highest BCUT2D eigenvalue weighted by Gasteiger charge is 2.19. The van der Waals surface area contributed by atoms with Crippen molar-refractivity contribution in [1.82, 2.24) is 15.1 Å². The standard InChI is InChI=1S/C24H30N4O2/c29-22(13-4-7-16-28-14-5-1-6-15-28)25-19-10-8-9-18(17-19)23-20-11-2-3-12-21(20)24(30)27-26-23/h1,5,8-10,17H,2-4,6-7,11-16H2,(H,25,29)(H,27,30). The van der Waals surface area contributed by atoms with Crippen LogP contribution in [0.2, 0.25) is 0 Å². The number of hydrogen-bond donors (Lipinski definition) is 2. The minimum absolute atomic E-state index is 0.0437. The van der Waals surface area contributed by atoms with E-state index in [4.69, 9.17) is 0 Å². The first-order chi connectivity index (χ1) is 14.7. The predicted molar refractivity (Wildman–Crippen MR) is 120 cm³/mol. The number of nitrogens with one attached hydrogen (secondary N) is 2. The minimum atomic E-state index is -0.0708. The van der Waals surface area contributed by atoms with E-state index >= 15 is 0 Å². The number of aromatic nitrogens is 2. The van der Waals surface area contributed by atoms with Gasteiger partial charge in [0, 0.05) is 36.3 Å². The van der Waals surface area contributed by atoms with Crippen LogP contribution in [0.25, 0.3) is 11.3 Å². The van der Waals surface area contributed by atoms with E-state index in [0.29, 0.717) is 6.42 Å². The summed E-state index contributed by atoms with van der Waals surface area (Å²) in [7, 11) is 0. The van der Waals surface area contributed by atoms with Crippen molar-refractivity contribution in [3.8, 4) is 11.3 Å². The Balaban J connectivity index is 1.35.